The van der Waals surface area contributed by atoms with Gasteiger partial charge < -0.3 is 33.9 Å². The predicted octanol–water partition coefficient (Wildman–Crippen LogP) is 1.14. The van der Waals surface area contributed by atoms with Crippen molar-refractivity contribution in [1.82, 2.24) is 4.90 Å². The molecule has 0 amide bonds. The van der Waals surface area contributed by atoms with E-state index in [1.165, 1.54) is 0 Å². The Morgan fingerprint density at radius 2 is 2.08 bits per heavy atom. The fourth-order valence-electron chi connectivity index (χ4n) is 4.03. The van der Waals surface area contributed by atoms with Crippen molar-refractivity contribution in [3.8, 4) is 0 Å². The van der Waals surface area contributed by atoms with E-state index in [1.807, 2.05) is 13.8 Å². The van der Waals surface area contributed by atoms with Gasteiger partial charge >= 0.3 is 0 Å². The van der Waals surface area contributed by atoms with Crippen molar-refractivity contribution in [2.24, 2.45) is 0 Å². The molecule has 0 unspecified atom stereocenters. The van der Waals surface area contributed by atoms with Crippen LogP contribution in [0.3, 0.4) is 0 Å². The molecule has 0 bridgehead atoms. The number of allylic oxidation sites excluding steroid dienone is 1. The van der Waals surface area contributed by atoms with Gasteiger partial charge in [0.05, 0.1) is 24.6 Å². The van der Waals surface area contributed by atoms with Crippen LogP contribution in [0.1, 0.15) is 33.6 Å². The van der Waals surface area contributed by atoms with Crippen LogP contribution < -0.4 is 0 Å². The van der Waals surface area contributed by atoms with Crippen molar-refractivity contribution >= 4 is 0 Å². The Morgan fingerprint density at radius 3 is 2.73 bits per heavy atom. The number of hydrogen-bond donors (Lipinski definition) is 2. The molecule has 26 heavy (non-hydrogen) atoms. The molecule has 0 aromatic rings. The third-order valence-corrected chi connectivity index (χ3v) is 5.55. The maximum absolute atomic E-state index is 9.78. The summed E-state index contributed by atoms with van der Waals surface area (Å²) in [6, 6.07) is 0.157. The van der Waals surface area contributed by atoms with E-state index in [4.69, 9.17) is 23.7 Å². The first kappa shape index (κ1) is 20.0. The van der Waals surface area contributed by atoms with Gasteiger partial charge in [-0.25, -0.2) is 0 Å². The van der Waals surface area contributed by atoms with Crippen LogP contribution in [0.5, 0.6) is 0 Å². The fraction of sp³-hybridized carbons (Fsp3) is 0.889. The van der Waals surface area contributed by atoms with E-state index < -0.39 is 12.6 Å². The van der Waals surface area contributed by atoms with E-state index in [1.54, 1.807) is 14.0 Å². The number of fused-ring (bicyclic) bond motifs is 3. The first-order valence-electron chi connectivity index (χ1n) is 9.30. The van der Waals surface area contributed by atoms with Gasteiger partial charge in [0.15, 0.2) is 18.8 Å². The van der Waals surface area contributed by atoms with Crippen LogP contribution in [0.4, 0.5) is 0 Å². The summed E-state index contributed by atoms with van der Waals surface area (Å²) in [5.74, 6) is 0.213. The smallest absolute Gasteiger partial charge is 0.197 e. The molecule has 2 N–H and O–H groups in total. The molecule has 3 rings (SSSR count). The highest BCUT2D eigenvalue weighted by atomic mass is 16.7. The third kappa shape index (κ3) is 3.91. The van der Waals surface area contributed by atoms with Crippen LogP contribution in [0.2, 0.25) is 0 Å². The molecule has 3 saturated heterocycles. The lowest BCUT2D eigenvalue weighted by Gasteiger charge is -2.41. The van der Waals surface area contributed by atoms with Crippen molar-refractivity contribution in [2.75, 3.05) is 26.9 Å². The summed E-state index contributed by atoms with van der Waals surface area (Å²) in [6.45, 7) is 6.77. The third-order valence-electron chi connectivity index (χ3n) is 5.55. The molecular formula is C18H31NO7. The molecule has 7 atom stereocenters. The van der Waals surface area contributed by atoms with Gasteiger partial charge in [0.1, 0.15) is 6.10 Å². The SMILES string of the molecule is CO[C@H]1OCCN2[C@@H]1O[C@@H]1[C@H](C)O[C@@H](O[C@@H](CCO)/C(C)=C(/C)O)C[C@@H]12. The second-order valence-corrected chi connectivity index (χ2v) is 7.18. The maximum Gasteiger partial charge on any atom is 0.197 e. The van der Waals surface area contributed by atoms with E-state index >= 15 is 0 Å². The Morgan fingerprint density at radius 1 is 1.31 bits per heavy atom. The van der Waals surface area contributed by atoms with Crippen molar-refractivity contribution in [3.63, 3.8) is 0 Å². The Bertz CT molecular complexity index is 510. The summed E-state index contributed by atoms with van der Waals surface area (Å²) >= 11 is 0. The van der Waals surface area contributed by atoms with Crippen molar-refractivity contribution in [1.29, 1.82) is 0 Å². The monoisotopic (exact) mass is 373 g/mol. The standard InChI is InChI=1S/C18H31NO7/c1-10(11(2)21)14(5-7-20)25-15-9-13-16(12(3)24-15)26-17-18(22-4)23-8-6-19(13)17/h12-18,20-21H,5-9H2,1-4H3/b11-10-/t12-,13-,14-,15-,16+,17+,18-/m0/s1. The molecule has 0 radical (unpaired) electrons. The lowest BCUT2D eigenvalue weighted by molar-refractivity contribution is -0.252. The highest BCUT2D eigenvalue weighted by Crippen LogP contribution is 2.38. The Labute approximate surface area is 154 Å². The number of methoxy groups -OCH3 is 1. The van der Waals surface area contributed by atoms with Gasteiger partial charge in [-0.15, -0.1) is 0 Å². The number of nitrogens with zero attached hydrogens (tertiary/aromatic N) is 1. The highest BCUT2D eigenvalue weighted by molar-refractivity contribution is 5.08. The van der Waals surface area contributed by atoms with Gasteiger partial charge in [0.2, 0.25) is 0 Å². The van der Waals surface area contributed by atoms with E-state index in [9.17, 15) is 10.2 Å². The molecule has 150 valence electrons. The second-order valence-electron chi connectivity index (χ2n) is 7.18. The average Bonchev–Trinajstić information content (AvgIpc) is 3.00. The van der Waals surface area contributed by atoms with Crippen LogP contribution in [0.25, 0.3) is 0 Å². The van der Waals surface area contributed by atoms with Gasteiger partial charge in [-0.05, 0) is 26.3 Å². The lowest BCUT2D eigenvalue weighted by atomic mass is 9.98. The molecule has 3 aliphatic heterocycles. The summed E-state index contributed by atoms with van der Waals surface area (Å²) in [7, 11) is 1.62. The van der Waals surface area contributed by atoms with Gasteiger partial charge in [-0.3, -0.25) is 4.90 Å². The van der Waals surface area contributed by atoms with Crippen molar-refractivity contribution in [2.45, 2.75) is 76.8 Å². The molecular weight excluding hydrogens is 342 g/mol. The first-order chi connectivity index (χ1) is 12.5. The Balaban J connectivity index is 1.70. The van der Waals surface area contributed by atoms with Crippen LogP contribution in [0.15, 0.2) is 11.3 Å². The molecule has 3 aliphatic rings. The van der Waals surface area contributed by atoms with Crippen LogP contribution >= 0.6 is 0 Å². The average molecular weight is 373 g/mol. The summed E-state index contributed by atoms with van der Waals surface area (Å²) in [5.41, 5.74) is 0.712. The Kier molecular flexibility index (Phi) is 6.55. The van der Waals surface area contributed by atoms with Crippen molar-refractivity contribution < 1.29 is 33.9 Å². The minimum absolute atomic E-state index is 0.0201. The highest BCUT2D eigenvalue weighted by Gasteiger charge is 2.53. The van der Waals surface area contributed by atoms with Gasteiger partial charge in [-0.2, -0.15) is 0 Å². The van der Waals surface area contributed by atoms with Gasteiger partial charge in [0, 0.05) is 39.1 Å². The molecule has 0 aromatic heterocycles. The number of aliphatic hydroxyl groups excluding tert-OH is 2. The van der Waals surface area contributed by atoms with Gasteiger partial charge in [0.25, 0.3) is 0 Å². The zero-order chi connectivity index (χ0) is 18.8. The fourth-order valence-corrected chi connectivity index (χ4v) is 4.03. The molecule has 3 heterocycles. The summed E-state index contributed by atoms with van der Waals surface area (Å²) in [4.78, 5) is 2.28. The van der Waals surface area contributed by atoms with E-state index in [0.717, 1.165) is 6.54 Å². The maximum atomic E-state index is 9.78. The quantitative estimate of drug-likeness (QED) is 0.670. The second kappa shape index (κ2) is 8.52. The van der Waals surface area contributed by atoms with Crippen molar-refractivity contribution in [3.05, 3.63) is 11.3 Å². The van der Waals surface area contributed by atoms with Crippen LogP contribution in [-0.2, 0) is 23.7 Å². The molecule has 0 aliphatic carbocycles. The summed E-state index contributed by atoms with van der Waals surface area (Å²) in [5, 5.41) is 19.1. The number of ether oxygens (including phenoxy) is 5. The zero-order valence-electron chi connectivity index (χ0n) is 16.0. The van der Waals surface area contributed by atoms with Crippen LogP contribution in [-0.4, -0.2) is 85.1 Å². The topological polar surface area (TPSA) is 89.9 Å². The molecule has 8 heteroatoms. The molecule has 8 nitrogen and oxygen atoms in total. The first-order valence-corrected chi connectivity index (χ1v) is 9.30. The van der Waals surface area contributed by atoms with E-state index in [2.05, 4.69) is 4.90 Å². The minimum atomic E-state index is -0.428. The number of morpholine rings is 1. The predicted molar refractivity (Wildman–Crippen MR) is 92.4 cm³/mol. The molecule has 0 saturated carbocycles. The normalized spacial score (nSPS) is 39.9. The minimum Gasteiger partial charge on any atom is -0.513 e. The van der Waals surface area contributed by atoms with Gasteiger partial charge in [-0.1, -0.05) is 0 Å². The lowest BCUT2D eigenvalue weighted by Crippen LogP contribution is -2.55. The van der Waals surface area contributed by atoms with Crippen LogP contribution in [0, 0.1) is 0 Å². The molecule has 0 aromatic carbocycles. The van der Waals surface area contributed by atoms with E-state index in [-0.39, 0.29) is 42.9 Å². The molecule has 3 fully saturated rings. The summed E-state index contributed by atoms with van der Waals surface area (Å²) < 4.78 is 29.4. The number of hydrogen-bond acceptors (Lipinski definition) is 8. The van der Waals surface area contributed by atoms with E-state index in [0.29, 0.717) is 25.0 Å². The number of rotatable bonds is 6. The largest absolute Gasteiger partial charge is 0.513 e. The summed E-state index contributed by atoms with van der Waals surface area (Å²) in [6.07, 6.45) is -0.580. The number of aliphatic hydroxyl groups is 2. The zero-order valence-corrected chi connectivity index (χ0v) is 16.0. The Hall–Kier alpha value is -0.740. The molecule has 0 spiro atoms.